The second kappa shape index (κ2) is 5.85. The fraction of sp³-hybridized carbons (Fsp3) is 0.250. The van der Waals surface area contributed by atoms with Gasteiger partial charge in [0.2, 0.25) is 0 Å². The Balaban J connectivity index is 1.66. The quantitative estimate of drug-likeness (QED) is 0.824. The zero-order valence-corrected chi connectivity index (χ0v) is 13.8. The first-order chi connectivity index (χ1) is 10.0. The molecular formula is C16H14BrClFNO. The Kier molecular flexibility index (Phi) is 4.09. The molecule has 3 rings (SSSR count). The molecule has 0 aromatic heterocycles. The Hall–Kier alpha value is -1.26. The van der Waals surface area contributed by atoms with Crippen LogP contribution in [0.1, 0.15) is 11.1 Å². The summed E-state index contributed by atoms with van der Waals surface area (Å²) < 4.78 is 19.9. The molecule has 2 aromatic rings. The fourth-order valence-corrected chi connectivity index (χ4v) is 3.12. The lowest BCUT2D eigenvalue weighted by Crippen LogP contribution is -2.24. The summed E-state index contributed by atoms with van der Waals surface area (Å²) in [4.78, 5) is 0. The van der Waals surface area contributed by atoms with E-state index in [1.807, 2.05) is 25.1 Å². The number of rotatable bonds is 3. The van der Waals surface area contributed by atoms with Crippen LogP contribution in [0.25, 0.3) is 0 Å². The third-order valence-electron chi connectivity index (χ3n) is 3.55. The summed E-state index contributed by atoms with van der Waals surface area (Å²) in [5.41, 5.74) is 2.89. The second-order valence-corrected chi connectivity index (χ2v) is 6.45. The van der Waals surface area contributed by atoms with Crippen molar-refractivity contribution in [2.24, 2.45) is 0 Å². The van der Waals surface area contributed by atoms with Crippen molar-refractivity contribution in [2.45, 2.75) is 19.4 Å². The van der Waals surface area contributed by atoms with Crippen LogP contribution in [0, 0.1) is 12.7 Å². The maximum atomic E-state index is 13.6. The predicted octanol–water partition coefficient (Wildman–Crippen LogP) is 4.97. The molecule has 0 fully saturated rings. The van der Waals surface area contributed by atoms with E-state index < -0.39 is 0 Å². The van der Waals surface area contributed by atoms with Crippen molar-refractivity contribution < 1.29 is 9.13 Å². The molecule has 0 radical (unpaired) electrons. The van der Waals surface area contributed by atoms with Gasteiger partial charge in [0.05, 0.1) is 11.0 Å². The highest BCUT2D eigenvalue weighted by Gasteiger charge is 2.23. The average Bonchev–Trinajstić information content (AvgIpc) is 2.83. The Morgan fingerprint density at radius 2 is 2.19 bits per heavy atom. The normalized spacial score (nSPS) is 16.5. The predicted molar refractivity (Wildman–Crippen MR) is 86.9 cm³/mol. The molecule has 110 valence electrons. The van der Waals surface area contributed by atoms with Gasteiger partial charge in [-0.3, -0.25) is 0 Å². The number of benzene rings is 2. The monoisotopic (exact) mass is 369 g/mol. The van der Waals surface area contributed by atoms with E-state index in [1.165, 1.54) is 6.07 Å². The van der Waals surface area contributed by atoms with Gasteiger partial charge in [-0.2, -0.15) is 0 Å². The molecule has 0 amide bonds. The van der Waals surface area contributed by atoms with E-state index in [4.69, 9.17) is 16.3 Å². The molecule has 1 N–H and O–H groups in total. The number of aryl methyl sites for hydroxylation is 1. The van der Waals surface area contributed by atoms with Crippen LogP contribution in [0.15, 0.2) is 34.8 Å². The molecule has 2 nitrogen and oxygen atoms in total. The number of nitrogens with one attached hydrogen (secondary N) is 1. The maximum Gasteiger partial charge on any atom is 0.139 e. The van der Waals surface area contributed by atoms with E-state index in [9.17, 15) is 4.39 Å². The van der Waals surface area contributed by atoms with Crippen LogP contribution >= 0.6 is 27.5 Å². The molecule has 0 saturated heterocycles. The summed E-state index contributed by atoms with van der Waals surface area (Å²) >= 11 is 9.16. The summed E-state index contributed by atoms with van der Waals surface area (Å²) in [5, 5.41) is 3.97. The number of hydrogen-bond acceptors (Lipinski definition) is 2. The van der Waals surface area contributed by atoms with Gasteiger partial charge in [0.15, 0.2) is 0 Å². The highest BCUT2D eigenvalue weighted by atomic mass is 79.9. The van der Waals surface area contributed by atoms with Crippen molar-refractivity contribution >= 4 is 33.2 Å². The molecule has 5 heteroatoms. The van der Waals surface area contributed by atoms with Crippen molar-refractivity contribution in [3.63, 3.8) is 0 Å². The zero-order valence-electron chi connectivity index (χ0n) is 11.4. The molecule has 1 unspecified atom stereocenters. The van der Waals surface area contributed by atoms with Gasteiger partial charge in [-0.05, 0) is 64.3 Å². The third-order valence-corrected chi connectivity index (χ3v) is 4.39. The van der Waals surface area contributed by atoms with Crippen molar-refractivity contribution in [1.82, 2.24) is 0 Å². The molecule has 1 aliphatic rings. The van der Waals surface area contributed by atoms with Gasteiger partial charge >= 0.3 is 0 Å². The van der Waals surface area contributed by atoms with E-state index in [-0.39, 0.29) is 11.9 Å². The van der Waals surface area contributed by atoms with Crippen LogP contribution in [0.4, 0.5) is 10.1 Å². The summed E-state index contributed by atoms with van der Waals surface area (Å²) in [6, 6.07) is 8.91. The molecule has 1 heterocycles. The van der Waals surface area contributed by atoms with Gasteiger partial charge in [-0.1, -0.05) is 11.6 Å². The van der Waals surface area contributed by atoms with Gasteiger partial charge in [0, 0.05) is 17.1 Å². The first-order valence-corrected chi connectivity index (χ1v) is 7.84. The Morgan fingerprint density at radius 1 is 1.38 bits per heavy atom. The number of ether oxygens (including phenoxy) is 1. The van der Waals surface area contributed by atoms with Crippen LogP contribution in [0.3, 0.4) is 0 Å². The van der Waals surface area contributed by atoms with E-state index in [0.29, 0.717) is 11.0 Å². The van der Waals surface area contributed by atoms with Crippen LogP contribution in [-0.2, 0) is 6.42 Å². The Bertz CT molecular complexity index is 692. The topological polar surface area (TPSA) is 21.3 Å². The number of fused-ring (bicyclic) bond motifs is 1. The number of hydrogen-bond donors (Lipinski definition) is 1. The molecule has 2 aromatic carbocycles. The van der Waals surface area contributed by atoms with Crippen LogP contribution in [0.5, 0.6) is 5.75 Å². The van der Waals surface area contributed by atoms with Crippen LogP contribution in [-0.4, -0.2) is 12.6 Å². The van der Waals surface area contributed by atoms with Gasteiger partial charge in [-0.15, -0.1) is 0 Å². The maximum absolute atomic E-state index is 13.6. The van der Waals surface area contributed by atoms with Gasteiger partial charge in [0.25, 0.3) is 0 Å². The molecule has 0 spiro atoms. The summed E-state index contributed by atoms with van der Waals surface area (Å²) in [5.74, 6) is 0.607. The zero-order chi connectivity index (χ0) is 15.0. The molecule has 21 heavy (non-hydrogen) atoms. The van der Waals surface area contributed by atoms with Crippen molar-refractivity contribution in [1.29, 1.82) is 0 Å². The van der Waals surface area contributed by atoms with Crippen LogP contribution < -0.4 is 10.1 Å². The average molecular weight is 371 g/mol. The highest BCUT2D eigenvalue weighted by Crippen LogP contribution is 2.31. The smallest absolute Gasteiger partial charge is 0.139 e. The Labute approximate surface area is 136 Å². The van der Waals surface area contributed by atoms with E-state index in [1.54, 1.807) is 6.07 Å². The van der Waals surface area contributed by atoms with Gasteiger partial charge < -0.3 is 10.1 Å². The van der Waals surface area contributed by atoms with Crippen molar-refractivity contribution in [3.8, 4) is 5.75 Å². The van der Waals surface area contributed by atoms with E-state index in [0.717, 1.165) is 34.0 Å². The lowest BCUT2D eigenvalue weighted by molar-refractivity contribution is 0.246. The van der Waals surface area contributed by atoms with Crippen molar-refractivity contribution in [2.75, 3.05) is 11.9 Å². The molecule has 1 aliphatic heterocycles. The molecule has 0 aliphatic carbocycles. The fourth-order valence-electron chi connectivity index (χ4n) is 2.46. The minimum atomic E-state index is -0.273. The number of anilines is 1. The minimum absolute atomic E-state index is 0.0320. The molecule has 0 bridgehead atoms. The molecule has 1 atom stereocenters. The summed E-state index contributed by atoms with van der Waals surface area (Å²) in [6.07, 6.45) is 0.839. The minimum Gasteiger partial charge on any atom is -0.488 e. The summed E-state index contributed by atoms with van der Waals surface area (Å²) in [7, 11) is 0. The SMILES string of the molecule is Cc1cc(Br)c(F)cc1NCC1Cc2cc(Cl)ccc2O1. The summed E-state index contributed by atoms with van der Waals surface area (Å²) in [6.45, 7) is 2.56. The van der Waals surface area contributed by atoms with Gasteiger partial charge in [0.1, 0.15) is 17.7 Å². The van der Waals surface area contributed by atoms with E-state index >= 15 is 0 Å². The lowest BCUT2D eigenvalue weighted by atomic mass is 10.1. The Morgan fingerprint density at radius 3 is 3.00 bits per heavy atom. The van der Waals surface area contributed by atoms with E-state index in [2.05, 4.69) is 21.2 Å². The van der Waals surface area contributed by atoms with Crippen LogP contribution in [0.2, 0.25) is 5.02 Å². The second-order valence-electron chi connectivity index (χ2n) is 5.16. The highest BCUT2D eigenvalue weighted by molar-refractivity contribution is 9.10. The first-order valence-electron chi connectivity index (χ1n) is 6.67. The molecule has 0 saturated carbocycles. The van der Waals surface area contributed by atoms with Crippen molar-refractivity contribution in [3.05, 3.63) is 56.8 Å². The largest absolute Gasteiger partial charge is 0.488 e. The number of halogens is 3. The lowest BCUT2D eigenvalue weighted by Gasteiger charge is -2.15. The third kappa shape index (κ3) is 3.16. The standard InChI is InChI=1S/C16H14BrClFNO/c1-9-4-13(17)14(19)7-15(9)20-8-12-6-10-5-11(18)2-3-16(10)21-12/h2-5,7,12,20H,6,8H2,1H3. The van der Waals surface area contributed by atoms with Gasteiger partial charge in [-0.25, -0.2) is 4.39 Å². The first kappa shape index (κ1) is 14.7. The molecular weight excluding hydrogens is 357 g/mol.